The number of carbonyl (C=O) groups is 1. The van der Waals surface area contributed by atoms with Gasteiger partial charge in [-0.3, -0.25) is 4.79 Å². The van der Waals surface area contributed by atoms with Crippen LogP contribution in [-0.4, -0.2) is 72.0 Å². The number of carboxylic acids is 1. The highest BCUT2D eigenvalue weighted by molar-refractivity contribution is 5.97. The van der Waals surface area contributed by atoms with E-state index in [0.29, 0.717) is 42.1 Å². The molecule has 190 valence electrons. The van der Waals surface area contributed by atoms with Crippen molar-refractivity contribution in [3.8, 4) is 5.75 Å². The number of methoxy groups -OCH3 is 1. The van der Waals surface area contributed by atoms with Crippen LogP contribution in [0, 0.1) is 5.82 Å². The van der Waals surface area contributed by atoms with Crippen LogP contribution in [0.5, 0.6) is 5.75 Å². The predicted molar refractivity (Wildman–Crippen MR) is 133 cm³/mol. The molecule has 5 rings (SSSR count). The molecule has 2 aliphatic heterocycles. The van der Waals surface area contributed by atoms with Gasteiger partial charge in [-0.05, 0) is 65.1 Å². The lowest BCUT2D eigenvalue weighted by atomic mass is 10.0. The number of piperidine rings is 1. The minimum atomic E-state index is -1.30. The zero-order valence-corrected chi connectivity index (χ0v) is 20.7. The van der Waals surface area contributed by atoms with E-state index in [2.05, 4.69) is 24.1 Å². The molecule has 8 nitrogen and oxygen atoms in total. The molecule has 1 unspecified atom stereocenters. The first-order valence-corrected chi connectivity index (χ1v) is 12.7. The molecular weight excluding hydrogens is 451 g/mol. The third kappa shape index (κ3) is 4.51. The highest BCUT2D eigenvalue weighted by Crippen LogP contribution is 2.44. The van der Waals surface area contributed by atoms with E-state index in [1.807, 2.05) is 4.90 Å². The Labute approximate surface area is 204 Å². The molecule has 1 aliphatic carbocycles. The summed E-state index contributed by atoms with van der Waals surface area (Å²) in [7, 11) is 1.48. The van der Waals surface area contributed by atoms with Gasteiger partial charge in [0, 0.05) is 43.5 Å². The van der Waals surface area contributed by atoms with Gasteiger partial charge in [-0.25, -0.2) is 9.18 Å². The minimum absolute atomic E-state index is 0.0562. The van der Waals surface area contributed by atoms with E-state index >= 15 is 4.39 Å². The van der Waals surface area contributed by atoms with E-state index in [0.717, 1.165) is 45.2 Å². The second-order valence-corrected chi connectivity index (χ2v) is 10.5. The summed E-state index contributed by atoms with van der Waals surface area (Å²) in [6, 6.07) is 2.58. The normalized spacial score (nSPS) is 21.9. The number of hydrogen-bond acceptors (Lipinski definition) is 6. The summed E-state index contributed by atoms with van der Waals surface area (Å²) in [5, 5.41) is 13.4. The number of halogens is 1. The van der Waals surface area contributed by atoms with Gasteiger partial charge in [0.05, 0.1) is 18.0 Å². The zero-order chi connectivity index (χ0) is 24.9. The van der Waals surface area contributed by atoms with Gasteiger partial charge in [-0.2, -0.15) is 0 Å². The quantitative estimate of drug-likeness (QED) is 0.621. The number of aromatic nitrogens is 1. The van der Waals surface area contributed by atoms with Crippen LogP contribution >= 0.6 is 0 Å². The number of ether oxygens (including phenoxy) is 1. The van der Waals surface area contributed by atoms with Crippen LogP contribution in [-0.2, 0) is 0 Å². The van der Waals surface area contributed by atoms with Gasteiger partial charge in [-0.1, -0.05) is 0 Å². The molecule has 2 N–H and O–H groups in total. The van der Waals surface area contributed by atoms with Gasteiger partial charge < -0.3 is 29.5 Å². The highest BCUT2D eigenvalue weighted by Gasteiger charge is 2.34. The first-order valence-electron chi connectivity index (χ1n) is 12.7. The Morgan fingerprint density at radius 2 is 1.83 bits per heavy atom. The average Bonchev–Trinajstić information content (AvgIpc) is 3.57. The fourth-order valence-corrected chi connectivity index (χ4v) is 5.74. The summed E-state index contributed by atoms with van der Waals surface area (Å²) < 4.78 is 23.1. The van der Waals surface area contributed by atoms with Crippen molar-refractivity contribution in [1.82, 2.24) is 14.8 Å². The van der Waals surface area contributed by atoms with E-state index in [9.17, 15) is 14.7 Å². The van der Waals surface area contributed by atoms with Gasteiger partial charge in [-0.15, -0.1) is 0 Å². The van der Waals surface area contributed by atoms with Gasteiger partial charge in [0.25, 0.3) is 0 Å². The number of hydrogen-bond donors (Lipinski definition) is 2. The van der Waals surface area contributed by atoms with Crippen molar-refractivity contribution in [3.05, 3.63) is 33.9 Å². The van der Waals surface area contributed by atoms with Crippen molar-refractivity contribution in [2.45, 2.75) is 70.1 Å². The monoisotopic (exact) mass is 486 g/mol. The predicted octanol–water partition coefficient (Wildman–Crippen LogP) is 3.22. The van der Waals surface area contributed by atoms with Crippen LogP contribution in [0.15, 0.2) is 17.1 Å². The number of nitrogens with zero attached hydrogens (tertiary/aromatic N) is 3. The van der Waals surface area contributed by atoms with Crippen LogP contribution in [0.25, 0.3) is 10.9 Å². The lowest BCUT2D eigenvalue weighted by molar-refractivity contribution is 0.0694. The van der Waals surface area contributed by atoms with Crippen LogP contribution in [0.4, 0.5) is 10.1 Å². The Hall–Kier alpha value is -2.65. The Morgan fingerprint density at radius 3 is 2.43 bits per heavy atom. The number of rotatable bonds is 7. The van der Waals surface area contributed by atoms with E-state index < -0.39 is 17.2 Å². The maximum Gasteiger partial charge on any atom is 0.341 e. The lowest BCUT2D eigenvalue weighted by Crippen LogP contribution is -2.48. The van der Waals surface area contributed by atoms with Crippen LogP contribution in [0.2, 0.25) is 0 Å². The third-order valence-corrected chi connectivity index (χ3v) is 7.81. The number of likely N-dealkylation sites (tertiary alicyclic amines) is 1. The zero-order valence-electron chi connectivity index (χ0n) is 20.7. The molecule has 2 saturated heterocycles. The summed E-state index contributed by atoms with van der Waals surface area (Å²) in [6.07, 6.45) is 6.30. The van der Waals surface area contributed by atoms with Crippen molar-refractivity contribution >= 4 is 22.6 Å². The van der Waals surface area contributed by atoms with Crippen LogP contribution < -0.4 is 20.4 Å². The van der Waals surface area contributed by atoms with Gasteiger partial charge in [0.2, 0.25) is 5.43 Å². The van der Waals surface area contributed by atoms with Crippen molar-refractivity contribution < 1.29 is 19.0 Å². The van der Waals surface area contributed by atoms with E-state index in [4.69, 9.17) is 4.74 Å². The molecule has 0 radical (unpaired) electrons. The molecule has 0 spiro atoms. The van der Waals surface area contributed by atoms with Crippen molar-refractivity contribution in [3.63, 3.8) is 0 Å². The number of carboxylic acid groups (broad SMARTS) is 1. The summed E-state index contributed by atoms with van der Waals surface area (Å²) in [5.41, 5.74) is -0.177. The molecule has 1 atom stereocenters. The standard InChI is InChI=1S/C26H35FN4O4/c1-15(2)29-9-6-16(7-10-29)28-17-8-11-30(13-17)23-21(27)12-19-22(25(23)35-3)31(18-4-5-18)14-20(24(19)32)26(33)34/h12,14-18,28H,4-11,13H2,1-3H3,(H,33,34). The summed E-state index contributed by atoms with van der Waals surface area (Å²) in [4.78, 5) is 29.1. The first-order chi connectivity index (χ1) is 16.8. The number of benzene rings is 1. The topological polar surface area (TPSA) is 87.0 Å². The van der Waals surface area contributed by atoms with E-state index in [-0.39, 0.29) is 23.0 Å². The molecule has 0 bridgehead atoms. The van der Waals surface area contributed by atoms with Crippen molar-refractivity contribution in [1.29, 1.82) is 0 Å². The number of pyridine rings is 1. The molecule has 9 heteroatoms. The second kappa shape index (κ2) is 9.43. The number of anilines is 1. The van der Waals surface area contributed by atoms with Crippen molar-refractivity contribution in [2.75, 3.05) is 38.2 Å². The molecule has 1 aromatic carbocycles. The fourth-order valence-electron chi connectivity index (χ4n) is 5.74. The molecule has 3 heterocycles. The Bertz CT molecular complexity index is 1180. The Kier molecular flexibility index (Phi) is 6.48. The third-order valence-electron chi connectivity index (χ3n) is 7.81. The first kappa shape index (κ1) is 24.1. The van der Waals surface area contributed by atoms with E-state index in [1.54, 1.807) is 4.57 Å². The Morgan fingerprint density at radius 1 is 1.14 bits per heavy atom. The average molecular weight is 487 g/mol. The molecule has 1 aromatic heterocycles. The number of nitrogens with one attached hydrogen (secondary N) is 1. The SMILES string of the molecule is COc1c(N2CCC(NC3CCN(C(C)C)CC3)C2)c(F)cc2c(=O)c(C(=O)O)cn(C3CC3)c12. The smallest absolute Gasteiger partial charge is 0.341 e. The van der Waals surface area contributed by atoms with Gasteiger partial charge in [0.15, 0.2) is 11.6 Å². The highest BCUT2D eigenvalue weighted by atomic mass is 19.1. The largest absolute Gasteiger partial charge is 0.492 e. The molecule has 1 saturated carbocycles. The summed E-state index contributed by atoms with van der Waals surface area (Å²) in [5.74, 6) is -1.54. The molecule has 3 fully saturated rings. The maximum atomic E-state index is 15.5. The minimum Gasteiger partial charge on any atom is -0.492 e. The van der Waals surface area contributed by atoms with Gasteiger partial charge in [0.1, 0.15) is 11.3 Å². The maximum absolute atomic E-state index is 15.5. The van der Waals surface area contributed by atoms with Gasteiger partial charge >= 0.3 is 5.97 Å². The van der Waals surface area contributed by atoms with Crippen LogP contribution in [0.3, 0.4) is 0 Å². The van der Waals surface area contributed by atoms with Crippen molar-refractivity contribution in [2.24, 2.45) is 0 Å². The number of fused-ring (bicyclic) bond motifs is 1. The van der Waals surface area contributed by atoms with E-state index in [1.165, 1.54) is 19.4 Å². The van der Waals surface area contributed by atoms with Crippen LogP contribution in [0.1, 0.15) is 62.4 Å². The molecule has 2 aromatic rings. The molecular formula is C26H35FN4O4. The molecule has 0 amide bonds. The molecule has 3 aliphatic rings. The number of aromatic carboxylic acids is 1. The lowest BCUT2D eigenvalue weighted by Gasteiger charge is -2.36. The summed E-state index contributed by atoms with van der Waals surface area (Å²) >= 11 is 0. The second-order valence-electron chi connectivity index (χ2n) is 10.5. The fraction of sp³-hybridized carbons (Fsp3) is 0.615. The Balaban J connectivity index is 1.44. The molecule has 35 heavy (non-hydrogen) atoms. The summed E-state index contributed by atoms with van der Waals surface area (Å²) in [6.45, 7) is 8.00.